The predicted octanol–water partition coefficient (Wildman–Crippen LogP) is 14.1. The molecule has 55 heavy (non-hydrogen) atoms. The van der Waals surface area contributed by atoms with Gasteiger partial charge in [-0.25, -0.2) is 4.98 Å². The Labute approximate surface area is 320 Å². The van der Waals surface area contributed by atoms with Crippen molar-refractivity contribution < 1.29 is 0 Å². The summed E-state index contributed by atoms with van der Waals surface area (Å²) in [7, 11) is 0. The number of benzene rings is 9. The lowest BCUT2D eigenvalue weighted by atomic mass is 9.83. The molecule has 10 aromatic rings. The highest BCUT2D eigenvalue weighted by atomic mass is 15.1. The Balaban J connectivity index is 1.15. The second-order valence-electron chi connectivity index (χ2n) is 14.6. The molecule has 0 saturated heterocycles. The fraction of sp³-hybridized carbons (Fsp3) is 0.0377. The van der Waals surface area contributed by atoms with Crippen LogP contribution in [0.15, 0.2) is 188 Å². The summed E-state index contributed by atoms with van der Waals surface area (Å²) < 4.78 is 2.35. The van der Waals surface area contributed by atoms with Crippen molar-refractivity contribution in [2.45, 2.75) is 12.8 Å². The van der Waals surface area contributed by atoms with E-state index in [9.17, 15) is 0 Å². The van der Waals surface area contributed by atoms with Crippen LogP contribution < -0.4 is 0 Å². The quantitative estimate of drug-likeness (QED) is 0.163. The van der Waals surface area contributed by atoms with Gasteiger partial charge in [0.2, 0.25) is 0 Å². The van der Waals surface area contributed by atoms with Gasteiger partial charge in [-0.05, 0) is 114 Å². The molecule has 1 heterocycles. The van der Waals surface area contributed by atoms with Gasteiger partial charge in [-0.2, -0.15) is 0 Å². The molecule has 0 radical (unpaired) electrons. The van der Waals surface area contributed by atoms with Crippen molar-refractivity contribution in [3.8, 4) is 50.5 Å². The number of aromatic nitrogens is 2. The molecule has 0 N–H and O–H groups in total. The molecule has 0 unspecified atom stereocenters. The van der Waals surface area contributed by atoms with Crippen molar-refractivity contribution >= 4 is 49.2 Å². The van der Waals surface area contributed by atoms with Crippen molar-refractivity contribution in [1.82, 2.24) is 9.55 Å². The largest absolute Gasteiger partial charge is 0.296 e. The Morgan fingerprint density at radius 2 is 0.945 bits per heavy atom. The molecule has 1 aliphatic rings. The van der Waals surface area contributed by atoms with Gasteiger partial charge in [0.25, 0.3) is 0 Å². The topological polar surface area (TPSA) is 17.8 Å². The molecule has 1 aromatic heterocycles. The van der Waals surface area contributed by atoms with E-state index in [0.29, 0.717) is 0 Å². The smallest absolute Gasteiger partial charge is 0.145 e. The highest BCUT2D eigenvalue weighted by Crippen LogP contribution is 2.47. The van der Waals surface area contributed by atoms with Crippen LogP contribution in [-0.4, -0.2) is 9.55 Å². The molecule has 11 rings (SSSR count). The van der Waals surface area contributed by atoms with Crippen molar-refractivity contribution in [2.24, 2.45) is 0 Å². The number of fused-ring (bicyclic) bond motifs is 5. The summed E-state index contributed by atoms with van der Waals surface area (Å²) in [5, 5.41) is 10.0. The molecule has 2 heteroatoms. The van der Waals surface area contributed by atoms with Gasteiger partial charge in [-0.15, -0.1) is 0 Å². The molecule has 0 fully saturated rings. The van der Waals surface area contributed by atoms with Crippen LogP contribution in [0.1, 0.15) is 17.8 Å². The van der Waals surface area contributed by atoms with E-state index in [4.69, 9.17) is 4.98 Å². The number of nitrogens with zero attached hydrogens (tertiary/aromatic N) is 2. The fourth-order valence-corrected chi connectivity index (χ4v) is 8.95. The second kappa shape index (κ2) is 12.8. The molecule has 0 saturated carbocycles. The summed E-state index contributed by atoms with van der Waals surface area (Å²) in [6, 6.07) is 66.7. The van der Waals surface area contributed by atoms with Gasteiger partial charge in [-0.3, -0.25) is 4.57 Å². The summed E-state index contributed by atoms with van der Waals surface area (Å²) in [6.07, 6.45) is 6.43. The zero-order chi connectivity index (χ0) is 36.3. The summed E-state index contributed by atoms with van der Waals surface area (Å²) in [6.45, 7) is 0. The van der Waals surface area contributed by atoms with Crippen molar-refractivity contribution in [1.29, 1.82) is 0 Å². The first kappa shape index (κ1) is 31.5. The molecular weight excluding hydrogens is 665 g/mol. The second-order valence-corrected chi connectivity index (χ2v) is 14.6. The number of imidazole rings is 1. The van der Waals surface area contributed by atoms with E-state index in [1.54, 1.807) is 0 Å². The van der Waals surface area contributed by atoms with Crippen LogP contribution in [0.3, 0.4) is 0 Å². The van der Waals surface area contributed by atoms with E-state index in [2.05, 4.69) is 199 Å². The minimum absolute atomic E-state index is 0.984. The Morgan fingerprint density at radius 3 is 1.62 bits per heavy atom. The van der Waals surface area contributed by atoms with E-state index in [1.807, 2.05) is 0 Å². The number of allylic oxidation sites excluding steroid dienone is 1. The van der Waals surface area contributed by atoms with Gasteiger partial charge < -0.3 is 0 Å². The average Bonchev–Trinajstić information content (AvgIpc) is 3.65. The summed E-state index contributed by atoms with van der Waals surface area (Å²) >= 11 is 0. The molecule has 0 atom stereocenters. The fourth-order valence-electron chi connectivity index (χ4n) is 8.95. The minimum Gasteiger partial charge on any atom is -0.296 e. The Bertz CT molecular complexity index is 3120. The maximum Gasteiger partial charge on any atom is 0.145 e. The Hall–Kier alpha value is -7.03. The average molecular weight is 701 g/mol. The Morgan fingerprint density at radius 1 is 0.418 bits per heavy atom. The highest BCUT2D eigenvalue weighted by molar-refractivity contribution is 6.25. The highest BCUT2D eigenvalue weighted by Gasteiger charge is 2.22. The summed E-state index contributed by atoms with van der Waals surface area (Å²) in [4.78, 5) is 5.18. The van der Waals surface area contributed by atoms with Crippen molar-refractivity contribution in [3.63, 3.8) is 0 Å². The van der Waals surface area contributed by atoms with Crippen molar-refractivity contribution in [3.05, 3.63) is 199 Å². The van der Waals surface area contributed by atoms with E-state index >= 15 is 0 Å². The first-order chi connectivity index (χ1) is 27.3. The molecule has 2 nitrogen and oxygen atoms in total. The molecule has 0 aliphatic heterocycles. The summed E-state index contributed by atoms with van der Waals surface area (Å²) in [5.74, 6) is 0.984. The maximum atomic E-state index is 5.18. The third-order valence-corrected chi connectivity index (χ3v) is 11.5. The third-order valence-electron chi connectivity index (χ3n) is 11.5. The van der Waals surface area contributed by atoms with Gasteiger partial charge >= 0.3 is 0 Å². The van der Waals surface area contributed by atoms with E-state index in [1.165, 1.54) is 82.2 Å². The minimum atomic E-state index is 0.984. The number of hydrogen-bond donors (Lipinski definition) is 0. The summed E-state index contributed by atoms with van der Waals surface area (Å²) in [5.41, 5.74) is 12.0. The van der Waals surface area contributed by atoms with Crippen LogP contribution in [0.25, 0.3) is 99.6 Å². The predicted molar refractivity (Wildman–Crippen MR) is 233 cm³/mol. The van der Waals surface area contributed by atoms with Crippen LogP contribution in [-0.2, 0) is 6.42 Å². The Kier molecular flexibility index (Phi) is 7.34. The van der Waals surface area contributed by atoms with E-state index in [0.717, 1.165) is 35.6 Å². The van der Waals surface area contributed by atoms with Gasteiger partial charge in [0, 0.05) is 11.3 Å². The van der Waals surface area contributed by atoms with Gasteiger partial charge in [-0.1, -0.05) is 170 Å². The number of para-hydroxylation sites is 1. The van der Waals surface area contributed by atoms with Crippen molar-refractivity contribution in [2.75, 3.05) is 0 Å². The van der Waals surface area contributed by atoms with E-state index in [-0.39, 0.29) is 0 Å². The van der Waals surface area contributed by atoms with Gasteiger partial charge in [0.1, 0.15) is 5.82 Å². The van der Waals surface area contributed by atoms with Crippen LogP contribution in [0.5, 0.6) is 0 Å². The van der Waals surface area contributed by atoms with Crippen LogP contribution in [0.4, 0.5) is 0 Å². The standard InChI is InChI=1S/C53H36N2/c1-2-18-40(19-3-1)55-50-27-11-10-26-49(50)54-53(55)38-30-28-35(29-31-38)39-32-33-47-48(34-39)52(44-25-13-17-37-15-5-7-21-42(37)44)46-23-9-8-22-45(46)51(47)43-24-12-16-36-14-4-6-20-41(36)43/h1-10,12-26,28-34H,11,27H2. The lowest BCUT2D eigenvalue weighted by Crippen LogP contribution is -2.04. The van der Waals surface area contributed by atoms with Crippen LogP contribution in [0, 0.1) is 0 Å². The maximum absolute atomic E-state index is 5.18. The van der Waals surface area contributed by atoms with Gasteiger partial charge in [0.15, 0.2) is 0 Å². The third kappa shape index (κ3) is 5.14. The number of rotatable bonds is 5. The molecule has 1 aliphatic carbocycles. The lowest BCUT2D eigenvalue weighted by Gasteiger charge is -2.20. The molecule has 0 amide bonds. The number of hydrogen-bond acceptors (Lipinski definition) is 1. The SMILES string of the molecule is C1=Cc2nc(-c3ccc(-c4ccc5c(-c6cccc7ccccc67)c6ccccc6c(-c6cccc7ccccc67)c5c4)cc3)n(-c3ccccc3)c2CC1. The zero-order valence-corrected chi connectivity index (χ0v) is 30.3. The monoisotopic (exact) mass is 700 g/mol. The molecule has 258 valence electrons. The zero-order valence-electron chi connectivity index (χ0n) is 30.3. The van der Waals surface area contributed by atoms with Crippen LogP contribution in [0.2, 0.25) is 0 Å². The first-order valence-corrected chi connectivity index (χ1v) is 19.2. The molecule has 9 aromatic carbocycles. The first-order valence-electron chi connectivity index (χ1n) is 19.2. The molecule has 0 bridgehead atoms. The van der Waals surface area contributed by atoms with E-state index < -0.39 is 0 Å². The van der Waals surface area contributed by atoms with Crippen LogP contribution >= 0.6 is 0 Å². The molecule has 0 spiro atoms. The molecular formula is C53H36N2. The normalized spacial score (nSPS) is 12.5. The lowest BCUT2D eigenvalue weighted by molar-refractivity contribution is 0.878. The van der Waals surface area contributed by atoms with Gasteiger partial charge in [0.05, 0.1) is 11.4 Å².